The Morgan fingerprint density at radius 3 is 2.95 bits per heavy atom. The van der Waals surface area contributed by atoms with Crippen molar-refractivity contribution in [1.29, 1.82) is 0 Å². The molecular weight excluding hydrogens is 268 g/mol. The lowest BCUT2D eigenvalue weighted by atomic mass is 10.3. The number of nitrogens with zero attached hydrogens (tertiary/aromatic N) is 1. The number of carbonyl (C=O) groups excluding carboxylic acids is 1. The monoisotopic (exact) mass is 283 g/mol. The minimum Gasteiger partial charge on any atom is -0.375 e. The number of benzene rings is 1. The average molecular weight is 283 g/mol. The van der Waals surface area contributed by atoms with E-state index >= 15 is 0 Å². The van der Waals surface area contributed by atoms with E-state index in [1.165, 1.54) is 0 Å². The molecule has 2 N–H and O–H groups in total. The minimum absolute atomic E-state index is 0.0176. The van der Waals surface area contributed by atoms with Crippen LogP contribution in [0.4, 0.5) is 8.78 Å². The molecule has 1 amide bonds. The third-order valence-electron chi connectivity index (χ3n) is 2.61. The molecule has 0 spiro atoms. The van der Waals surface area contributed by atoms with Gasteiger partial charge in [-0.05, 0) is 12.1 Å². The highest BCUT2D eigenvalue weighted by Crippen LogP contribution is 2.09. The van der Waals surface area contributed by atoms with E-state index in [2.05, 4.69) is 20.0 Å². The third kappa shape index (κ3) is 4.27. The predicted molar refractivity (Wildman–Crippen MR) is 69.4 cm³/mol. The van der Waals surface area contributed by atoms with Crippen molar-refractivity contribution in [2.75, 3.05) is 13.2 Å². The highest BCUT2D eigenvalue weighted by atomic mass is 19.3. The number of fused-ring (bicyclic) bond motifs is 1. The topological polar surface area (TPSA) is 67.0 Å². The first kappa shape index (κ1) is 14.4. The Balaban J connectivity index is 1.73. The summed E-state index contributed by atoms with van der Waals surface area (Å²) in [5.74, 6) is 0.382. The van der Waals surface area contributed by atoms with Crippen LogP contribution >= 0.6 is 0 Å². The van der Waals surface area contributed by atoms with Gasteiger partial charge in [0, 0.05) is 6.42 Å². The van der Waals surface area contributed by atoms with Crippen molar-refractivity contribution in [3.63, 3.8) is 0 Å². The number of amides is 1. The van der Waals surface area contributed by atoms with Crippen LogP contribution in [0.15, 0.2) is 24.3 Å². The van der Waals surface area contributed by atoms with E-state index in [-0.39, 0.29) is 25.5 Å². The van der Waals surface area contributed by atoms with E-state index in [1.54, 1.807) is 0 Å². The third-order valence-corrected chi connectivity index (χ3v) is 2.61. The zero-order valence-corrected chi connectivity index (χ0v) is 10.7. The maximum atomic E-state index is 11.8. The molecule has 1 aromatic carbocycles. The molecule has 0 aliphatic heterocycles. The van der Waals surface area contributed by atoms with Crippen LogP contribution in [-0.4, -0.2) is 35.5 Å². The van der Waals surface area contributed by atoms with E-state index in [0.717, 1.165) is 11.0 Å². The molecule has 0 saturated carbocycles. The molecular formula is C13H15F2N3O2. The molecule has 0 unspecified atom stereocenters. The molecule has 108 valence electrons. The summed E-state index contributed by atoms with van der Waals surface area (Å²) >= 11 is 0. The Hall–Kier alpha value is -2.02. The van der Waals surface area contributed by atoms with Gasteiger partial charge in [-0.15, -0.1) is 0 Å². The first-order valence-corrected chi connectivity index (χ1v) is 6.21. The van der Waals surface area contributed by atoms with Crippen molar-refractivity contribution in [1.82, 2.24) is 15.3 Å². The Morgan fingerprint density at radius 2 is 2.20 bits per heavy atom. The summed E-state index contributed by atoms with van der Waals surface area (Å²) in [7, 11) is 0. The van der Waals surface area contributed by atoms with Crippen molar-refractivity contribution in [2.24, 2.45) is 0 Å². The molecule has 1 heterocycles. The highest BCUT2D eigenvalue weighted by molar-refractivity contribution is 5.77. The zero-order valence-electron chi connectivity index (χ0n) is 10.7. The van der Waals surface area contributed by atoms with Crippen molar-refractivity contribution in [3.05, 3.63) is 30.1 Å². The van der Waals surface area contributed by atoms with Gasteiger partial charge in [-0.1, -0.05) is 12.1 Å². The minimum atomic E-state index is -2.51. The number of H-pyrrole nitrogens is 1. The summed E-state index contributed by atoms with van der Waals surface area (Å²) in [4.78, 5) is 18.8. The van der Waals surface area contributed by atoms with Gasteiger partial charge >= 0.3 is 0 Å². The van der Waals surface area contributed by atoms with E-state index in [0.29, 0.717) is 5.82 Å². The fourth-order valence-corrected chi connectivity index (χ4v) is 1.70. The number of aromatic amines is 1. The number of hydrogen-bond donors (Lipinski definition) is 2. The summed E-state index contributed by atoms with van der Waals surface area (Å²) in [5.41, 5.74) is 1.73. The van der Waals surface area contributed by atoms with Gasteiger partial charge in [-0.25, -0.2) is 13.8 Å². The van der Waals surface area contributed by atoms with Crippen LogP contribution in [0.1, 0.15) is 12.2 Å². The van der Waals surface area contributed by atoms with Gasteiger partial charge in [0.15, 0.2) is 0 Å². The summed E-state index contributed by atoms with van der Waals surface area (Å²) in [6.45, 7) is -0.393. The smallest absolute Gasteiger partial charge is 0.261 e. The summed E-state index contributed by atoms with van der Waals surface area (Å²) < 4.78 is 28.2. The molecule has 5 nitrogen and oxygen atoms in total. The fourth-order valence-electron chi connectivity index (χ4n) is 1.70. The van der Waals surface area contributed by atoms with Crippen LogP contribution in [0.2, 0.25) is 0 Å². The molecule has 0 aliphatic carbocycles. The molecule has 2 rings (SSSR count). The Morgan fingerprint density at radius 1 is 1.40 bits per heavy atom. The second-order valence-electron chi connectivity index (χ2n) is 4.19. The first-order chi connectivity index (χ1) is 9.65. The average Bonchev–Trinajstić information content (AvgIpc) is 2.84. The van der Waals surface area contributed by atoms with E-state index in [1.807, 2.05) is 24.3 Å². The number of para-hydroxylation sites is 2. The van der Waals surface area contributed by atoms with Crippen LogP contribution in [-0.2, 0) is 16.1 Å². The van der Waals surface area contributed by atoms with Gasteiger partial charge in [-0.3, -0.25) is 4.79 Å². The molecule has 20 heavy (non-hydrogen) atoms. The number of hydrogen-bond acceptors (Lipinski definition) is 3. The highest BCUT2D eigenvalue weighted by Gasteiger charge is 2.06. The van der Waals surface area contributed by atoms with Gasteiger partial charge in [0.2, 0.25) is 5.91 Å². The standard InChI is InChI=1S/C13H15F2N3O2/c14-11(15)8-20-6-5-13(19)16-7-12-17-9-3-1-2-4-10(9)18-12/h1-4,11H,5-8H2,(H,16,19)(H,17,18). The predicted octanol–water partition coefficient (Wildman–Crippen LogP) is 1.85. The normalized spacial score (nSPS) is 11.2. The molecule has 0 atom stereocenters. The van der Waals surface area contributed by atoms with Crippen molar-refractivity contribution >= 4 is 16.9 Å². The van der Waals surface area contributed by atoms with Crippen molar-refractivity contribution < 1.29 is 18.3 Å². The second-order valence-corrected chi connectivity index (χ2v) is 4.19. The number of rotatable bonds is 7. The number of carbonyl (C=O) groups is 1. The molecule has 0 bridgehead atoms. The number of nitrogens with one attached hydrogen (secondary N) is 2. The van der Waals surface area contributed by atoms with Crippen LogP contribution in [0.5, 0.6) is 0 Å². The van der Waals surface area contributed by atoms with Gasteiger partial charge in [0.1, 0.15) is 12.4 Å². The van der Waals surface area contributed by atoms with Crippen molar-refractivity contribution in [3.8, 4) is 0 Å². The number of aromatic nitrogens is 2. The van der Waals surface area contributed by atoms with Crippen molar-refractivity contribution in [2.45, 2.75) is 19.4 Å². The van der Waals surface area contributed by atoms with Crippen LogP contribution in [0.3, 0.4) is 0 Å². The summed E-state index contributed by atoms with van der Waals surface area (Å²) in [6.07, 6.45) is -2.46. The number of ether oxygens (including phenoxy) is 1. The van der Waals surface area contributed by atoms with Crippen LogP contribution in [0, 0.1) is 0 Å². The Bertz CT molecular complexity index is 538. The Labute approximate surface area is 114 Å². The number of imidazole rings is 1. The summed E-state index contributed by atoms with van der Waals surface area (Å²) in [6, 6.07) is 7.54. The van der Waals surface area contributed by atoms with E-state index in [9.17, 15) is 13.6 Å². The fraction of sp³-hybridized carbons (Fsp3) is 0.385. The molecule has 0 radical (unpaired) electrons. The lowest BCUT2D eigenvalue weighted by Crippen LogP contribution is -2.24. The Kier molecular flexibility index (Phi) is 5.00. The lowest BCUT2D eigenvalue weighted by molar-refractivity contribution is -0.122. The molecule has 0 aliphatic rings. The maximum Gasteiger partial charge on any atom is 0.261 e. The molecule has 7 heteroatoms. The van der Waals surface area contributed by atoms with E-state index < -0.39 is 13.0 Å². The molecule has 2 aromatic rings. The lowest BCUT2D eigenvalue weighted by Gasteiger charge is -2.04. The van der Waals surface area contributed by atoms with Gasteiger partial charge in [0.05, 0.1) is 24.2 Å². The first-order valence-electron chi connectivity index (χ1n) is 6.21. The van der Waals surface area contributed by atoms with Crippen LogP contribution < -0.4 is 5.32 Å². The molecule has 1 aromatic heterocycles. The van der Waals surface area contributed by atoms with E-state index in [4.69, 9.17) is 0 Å². The summed E-state index contributed by atoms with van der Waals surface area (Å²) in [5, 5.41) is 2.65. The number of halogens is 2. The largest absolute Gasteiger partial charge is 0.375 e. The zero-order chi connectivity index (χ0) is 14.4. The van der Waals surface area contributed by atoms with Crippen LogP contribution in [0.25, 0.3) is 11.0 Å². The molecule has 0 saturated heterocycles. The molecule has 0 fully saturated rings. The SMILES string of the molecule is O=C(CCOCC(F)F)NCc1nc2ccccc2[nH]1. The van der Waals surface area contributed by atoms with Gasteiger partial charge in [-0.2, -0.15) is 0 Å². The second kappa shape index (κ2) is 6.95. The van der Waals surface area contributed by atoms with Gasteiger partial charge < -0.3 is 15.0 Å². The maximum absolute atomic E-state index is 11.8. The quantitative estimate of drug-likeness (QED) is 0.762. The number of alkyl halides is 2. The van der Waals surface area contributed by atoms with Gasteiger partial charge in [0.25, 0.3) is 6.43 Å².